The molecule has 0 aromatic heterocycles. The summed E-state index contributed by atoms with van der Waals surface area (Å²) in [6.45, 7) is -0.732. The Morgan fingerprint density at radius 3 is 1.08 bits per heavy atom. The first-order chi connectivity index (χ1) is 29.5. The molecule has 0 radical (unpaired) electrons. The van der Waals surface area contributed by atoms with E-state index in [1.54, 1.807) is 0 Å². The lowest BCUT2D eigenvalue weighted by Crippen LogP contribution is -2.36. The van der Waals surface area contributed by atoms with Crippen LogP contribution in [0.3, 0.4) is 0 Å². The predicted octanol–water partition coefficient (Wildman–Crippen LogP) is -0.0190. The largest absolute Gasteiger partial charge is 0.480 e. The molecule has 0 aliphatic heterocycles. The summed E-state index contributed by atoms with van der Waals surface area (Å²) in [5, 5.41) is 14.8. The molecule has 0 spiro atoms. The van der Waals surface area contributed by atoms with E-state index in [-0.39, 0.29) is 27.2 Å². The van der Waals surface area contributed by atoms with Crippen molar-refractivity contribution in [1.29, 1.82) is 0 Å². The van der Waals surface area contributed by atoms with Gasteiger partial charge in [-0.1, -0.05) is 85.7 Å². The minimum Gasteiger partial charge on any atom is -0.480 e. The van der Waals surface area contributed by atoms with Crippen molar-refractivity contribution < 1.29 is 115 Å². The first-order valence-corrected chi connectivity index (χ1v) is 26.5. The summed E-state index contributed by atoms with van der Waals surface area (Å²) in [7, 11) is -13.5. The highest BCUT2D eigenvalue weighted by molar-refractivity contribution is 9.12. The van der Waals surface area contributed by atoms with Crippen molar-refractivity contribution in [3.05, 3.63) is 20.9 Å². The molecule has 65 heavy (non-hydrogen) atoms. The van der Waals surface area contributed by atoms with Crippen LogP contribution in [-0.4, -0.2) is 198 Å². The summed E-state index contributed by atoms with van der Waals surface area (Å²) in [4.78, 5) is 77.5. The van der Waals surface area contributed by atoms with Crippen molar-refractivity contribution in [3.8, 4) is 0 Å². The van der Waals surface area contributed by atoms with Gasteiger partial charge < -0.3 is 34.9 Å². The van der Waals surface area contributed by atoms with Gasteiger partial charge in [-0.05, 0) is 11.1 Å². The topological polar surface area (TPSA) is 538 Å². The van der Waals surface area contributed by atoms with Gasteiger partial charge in [-0.3, -0.25) is 51.8 Å². The van der Waals surface area contributed by atoms with E-state index in [2.05, 4.69) is 103 Å². The van der Waals surface area contributed by atoms with Crippen LogP contribution in [-0.2, 0) is 93.0 Å². The number of carbonyl (C=O) groups excluding carboxylic acids is 5. The van der Waals surface area contributed by atoms with E-state index in [4.69, 9.17) is 45.2 Å². The van der Waals surface area contributed by atoms with Crippen molar-refractivity contribution in [2.75, 3.05) is 64.1 Å². The minimum atomic E-state index is -4.70. The van der Waals surface area contributed by atoms with Crippen molar-refractivity contribution >= 4 is 157 Å². The molecule has 0 rings (SSSR count). The number of nitrogens with two attached hydrogens (primary N) is 1. The Balaban J connectivity index is -0.000000162. The molecule has 6 atom stereocenters. The SMILES string of the molecule is COC(=O)C(Br)CBr.COC(=O)C(CBr)S(=O)(=O)O.COC(=O)C(CBr)SC(C)=O.COC(=O)C(CN=[N+]=[N-])S(=O)(=O)O.NCC(C(=O)O)S(=O)(=O)O.[N-]=[N+]=NCC(C(=O)O)S(=O)(=O)O. The minimum absolute atomic E-state index is 0.0835. The summed E-state index contributed by atoms with van der Waals surface area (Å²) < 4.78 is 133. The van der Waals surface area contributed by atoms with Gasteiger partial charge in [0.1, 0.15) is 10.1 Å². The molecular weight excluding hydrogens is 1270 g/mol. The summed E-state index contributed by atoms with van der Waals surface area (Å²) in [5.74, 6) is -6.18. The van der Waals surface area contributed by atoms with Gasteiger partial charge in [0.05, 0.1) is 41.5 Å². The number of carboxylic acids is 2. The van der Waals surface area contributed by atoms with Gasteiger partial charge >= 0.3 is 35.8 Å². The van der Waals surface area contributed by atoms with Gasteiger partial charge in [-0.2, -0.15) is 33.7 Å². The number of rotatable bonds is 19. The molecule has 0 aromatic rings. The monoisotopic (exact) mass is 1300 g/mol. The van der Waals surface area contributed by atoms with E-state index >= 15 is 0 Å². The summed E-state index contributed by atoms with van der Waals surface area (Å²) in [6, 6.07) is 0. The number of carbonyl (C=O) groups is 7. The van der Waals surface area contributed by atoms with Crippen LogP contribution in [0.5, 0.6) is 0 Å². The molecule has 0 fully saturated rings. The van der Waals surface area contributed by atoms with Gasteiger partial charge in [0.15, 0.2) is 26.1 Å². The lowest BCUT2D eigenvalue weighted by molar-refractivity contribution is -0.140. The highest BCUT2D eigenvalue weighted by Crippen LogP contribution is 2.15. The van der Waals surface area contributed by atoms with E-state index < -0.39 is 110 Å². The molecule has 0 saturated carbocycles. The quantitative estimate of drug-likeness (QED) is 0.0170. The summed E-state index contributed by atoms with van der Waals surface area (Å²) >= 11 is 13.0. The molecule has 0 amide bonds. The average molecular weight is 1310 g/mol. The fraction of sp³-hybridized carbons (Fsp3) is 0.708. The fourth-order valence-electron chi connectivity index (χ4n) is 2.35. The third-order valence-corrected chi connectivity index (χ3v) is 15.1. The second kappa shape index (κ2) is 39.0. The number of thioether (sulfide) groups is 1. The van der Waals surface area contributed by atoms with Crippen LogP contribution in [0.4, 0.5) is 0 Å². The lowest BCUT2D eigenvalue weighted by atomic mass is 10.4. The Morgan fingerprint density at radius 2 is 0.908 bits per heavy atom. The van der Waals surface area contributed by atoms with Crippen molar-refractivity contribution in [1.82, 2.24) is 0 Å². The first kappa shape index (κ1) is 73.5. The molecule has 32 nitrogen and oxygen atoms in total. The van der Waals surface area contributed by atoms with E-state index in [1.165, 1.54) is 21.1 Å². The van der Waals surface area contributed by atoms with E-state index in [0.29, 0.717) is 10.7 Å². The van der Waals surface area contributed by atoms with Crippen LogP contribution in [0, 0.1) is 0 Å². The number of ether oxygens (including phenoxy) is 4. The number of azide groups is 2. The van der Waals surface area contributed by atoms with Gasteiger partial charge in [-0.25, -0.2) is 0 Å². The van der Waals surface area contributed by atoms with Crippen molar-refractivity contribution in [3.63, 3.8) is 0 Å². The molecule has 380 valence electrons. The Hall–Kier alpha value is -3.02. The summed E-state index contributed by atoms with van der Waals surface area (Å²) in [6.07, 6.45) is 0. The molecule has 0 aromatic carbocycles. The number of hydrogen-bond donors (Lipinski definition) is 7. The van der Waals surface area contributed by atoms with Crippen LogP contribution in [0.2, 0.25) is 0 Å². The number of hydrogen-bond acceptors (Lipinski definition) is 23. The zero-order valence-electron chi connectivity index (χ0n) is 33.5. The maximum atomic E-state index is 10.9. The highest BCUT2D eigenvalue weighted by Gasteiger charge is 2.32. The smallest absolute Gasteiger partial charge is 0.327 e. The third kappa shape index (κ3) is 39.8. The van der Waals surface area contributed by atoms with Gasteiger partial charge in [0.25, 0.3) is 40.5 Å². The first-order valence-electron chi connectivity index (χ1n) is 15.3. The summed E-state index contributed by atoms with van der Waals surface area (Å²) in [5.41, 5.74) is 20.4. The highest BCUT2D eigenvalue weighted by atomic mass is 79.9. The molecule has 0 bridgehead atoms. The molecular formula is C24H41Br4N7O25S5. The fourth-order valence-corrected chi connectivity index (χ4v) is 7.49. The zero-order chi connectivity index (χ0) is 53.1. The Kier molecular flexibility index (Phi) is 44.2. The van der Waals surface area contributed by atoms with Crippen LogP contribution in [0.15, 0.2) is 10.2 Å². The second-order valence-corrected chi connectivity index (χ2v) is 20.7. The van der Waals surface area contributed by atoms with E-state index in [1.807, 2.05) is 0 Å². The standard InChI is InChI=1S/C6H9BrO3S.C4H6Br2O2.C4H7BrO5S.C4H7N3O5S.C3H5N3O5S.C3H7NO5S/c1-4(8)11-5(3-7)6(9)10-2;1-8-4(7)3(6)2-5;1-10-4(6)3(2-5)11(7,8)9;1-12-4(8)3(2-6-7-5)13(9,10)11;4-6-5-1-2(3(7)8)12(9,10)11;4-1-2(3(5)6)10(7,8)9/h5H,3H2,1-2H3;3H,2H2,1H3;3H,2H2,1H3,(H,7,8,9);3H,2H2,1H3,(H,9,10,11);2H,1H2,(H,7,8)(H,9,10,11);2H,1,4H2,(H,5,6)(H,7,8,9). The van der Waals surface area contributed by atoms with Gasteiger partial charge in [-0.15, -0.1) is 0 Å². The number of methoxy groups -OCH3 is 4. The molecule has 41 heteroatoms. The molecule has 0 saturated heterocycles. The third-order valence-electron chi connectivity index (χ3n) is 5.40. The number of halogens is 4. The van der Waals surface area contributed by atoms with Gasteiger partial charge in [0.2, 0.25) is 0 Å². The Morgan fingerprint density at radius 1 is 0.585 bits per heavy atom. The van der Waals surface area contributed by atoms with E-state index in [0.717, 1.165) is 26.0 Å². The molecule has 8 N–H and O–H groups in total. The maximum absolute atomic E-state index is 10.9. The maximum Gasteiger partial charge on any atom is 0.327 e. The second-order valence-electron chi connectivity index (χ2n) is 9.87. The van der Waals surface area contributed by atoms with Crippen molar-refractivity contribution in [2.45, 2.75) is 38.0 Å². The zero-order valence-corrected chi connectivity index (χ0v) is 43.9. The van der Waals surface area contributed by atoms with E-state index in [9.17, 15) is 67.2 Å². The normalized spacial score (nSPS) is 13.3. The number of esters is 4. The predicted molar refractivity (Wildman–Crippen MR) is 238 cm³/mol. The number of nitrogens with zero attached hydrogens (tertiary/aromatic N) is 6. The van der Waals surface area contributed by atoms with Crippen molar-refractivity contribution in [2.24, 2.45) is 16.0 Å². The number of aliphatic carboxylic acids is 2. The molecule has 6 unspecified atom stereocenters. The van der Waals surface area contributed by atoms with Gasteiger partial charge in [0, 0.05) is 39.3 Å². The molecule has 0 aliphatic rings. The Labute approximate surface area is 407 Å². The average Bonchev–Trinajstić information content (AvgIpc) is 3.18. The van der Waals surface area contributed by atoms with Crippen LogP contribution in [0.1, 0.15) is 6.92 Å². The Bertz CT molecular complexity index is 2090. The molecule has 0 aliphatic carbocycles. The number of carboxylic acid groups (broad SMARTS) is 2. The van der Waals surface area contributed by atoms with Crippen LogP contribution < -0.4 is 5.73 Å². The van der Waals surface area contributed by atoms with Crippen LogP contribution in [0.25, 0.3) is 20.9 Å². The number of alkyl halides is 4. The molecule has 0 heterocycles. The van der Waals surface area contributed by atoms with Crippen LogP contribution >= 0.6 is 75.5 Å². The lowest BCUT2D eigenvalue weighted by Gasteiger charge is -2.07.